The SMILES string of the molecule is CCC1CC(COC)N1C(=O)O. The van der Waals surface area contributed by atoms with E-state index in [1.165, 1.54) is 4.90 Å². The molecule has 0 aromatic carbocycles. The summed E-state index contributed by atoms with van der Waals surface area (Å²) >= 11 is 0. The third-order valence-electron chi connectivity index (χ3n) is 2.38. The van der Waals surface area contributed by atoms with Gasteiger partial charge >= 0.3 is 6.09 Å². The molecule has 1 amide bonds. The lowest BCUT2D eigenvalue weighted by atomic mass is 9.92. The minimum atomic E-state index is -0.824. The smallest absolute Gasteiger partial charge is 0.407 e. The van der Waals surface area contributed by atoms with Crippen molar-refractivity contribution in [2.24, 2.45) is 0 Å². The first kappa shape index (κ1) is 9.32. The zero-order chi connectivity index (χ0) is 9.14. The van der Waals surface area contributed by atoms with Crippen LogP contribution in [0.15, 0.2) is 0 Å². The van der Waals surface area contributed by atoms with Gasteiger partial charge in [0.05, 0.1) is 12.6 Å². The van der Waals surface area contributed by atoms with E-state index in [-0.39, 0.29) is 12.1 Å². The van der Waals surface area contributed by atoms with Crippen LogP contribution < -0.4 is 0 Å². The molecule has 0 radical (unpaired) electrons. The van der Waals surface area contributed by atoms with Crippen molar-refractivity contribution in [2.45, 2.75) is 31.8 Å². The zero-order valence-corrected chi connectivity index (χ0v) is 7.49. The number of nitrogens with zero attached hydrogens (tertiary/aromatic N) is 1. The normalized spacial score (nSPS) is 28.3. The van der Waals surface area contributed by atoms with Gasteiger partial charge in [-0.15, -0.1) is 0 Å². The van der Waals surface area contributed by atoms with E-state index in [0.717, 1.165) is 12.8 Å². The third kappa shape index (κ3) is 1.53. The summed E-state index contributed by atoms with van der Waals surface area (Å²) in [4.78, 5) is 12.2. The highest BCUT2D eigenvalue weighted by molar-refractivity contribution is 5.67. The molecule has 1 aliphatic rings. The van der Waals surface area contributed by atoms with Crippen LogP contribution in [0.2, 0.25) is 0 Å². The predicted octanol–water partition coefficient (Wildman–Crippen LogP) is 1.16. The Hall–Kier alpha value is -0.770. The van der Waals surface area contributed by atoms with Gasteiger partial charge in [0.2, 0.25) is 0 Å². The number of methoxy groups -OCH3 is 1. The van der Waals surface area contributed by atoms with E-state index in [4.69, 9.17) is 9.84 Å². The van der Waals surface area contributed by atoms with Gasteiger partial charge in [0.15, 0.2) is 0 Å². The van der Waals surface area contributed by atoms with Crippen LogP contribution in [0.25, 0.3) is 0 Å². The van der Waals surface area contributed by atoms with E-state index in [1.54, 1.807) is 7.11 Å². The molecule has 1 saturated heterocycles. The fourth-order valence-electron chi connectivity index (χ4n) is 1.72. The molecule has 0 saturated carbocycles. The lowest BCUT2D eigenvalue weighted by Crippen LogP contribution is -2.59. The molecule has 0 spiro atoms. The Bertz CT molecular complexity index is 172. The maximum absolute atomic E-state index is 10.7. The lowest BCUT2D eigenvalue weighted by molar-refractivity contribution is -0.0152. The summed E-state index contributed by atoms with van der Waals surface area (Å²) < 4.78 is 4.91. The molecule has 0 aliphatic carbocycles. The standard InChI is InChI=1S/C8H15NO3/c1-3-6-4-7(5-12-2)9(6)8(10)11/h6-7H,3-5H2,1-2H3,(H,10,11). The molecule has 0 aromatic rings. The van der Waals surface area contributed by atoms with Gasteiger partial charge in [0.25, 0.3) is 0 Å². The van der Waals surface area contributed by atoms with Crippen molar-refractivity contribution in [3.8, 4) is 0 Å². The summed E-state index contributed by atoms with van der Waals surface area (Å²) in [5, 5.41) is 8.80. The minimum Gasteiger partial charge on any atom is -0.465 e. The van der Waals surface area contributed by atoms with E-state index in [2.05, 4.69) is 0 Å². The second kappa shape index (κ2) is 3.76. The van der Waals surface area contributed by atoms with Crippen molar-refractivity contribution in [2.75, 3.05) is 13.7 Å². The highest BCUT2D eigenvalue weighted by Crippen LogP contribution is 2.27. The molecule has 4 heteroatoms. The Balaban J connectivity index is 2.44. The molecule has 1 fully saturated rings. The van der Waals surface area contributed by atoms with Gasteiger partial charge in [0, 0.05) is 13.2 Å². The average molecular weight is 173 g/mol. The third-order valence-corrected chi connectivity index (χ3v) is 2.38. The number of hydrogen-bond donors (Lipinski definition) is 1. The molecule has 4 nitrogen and oxygen atoms in total. The summed E-state index contributed by atoms with van der Waals surface area (Å²) in [6.07, 6.45) is 1.01. The number of amides is 1. The van der Waals surface area contributed by atoms with Gasteiger partial charge < -0.3 is 9.84 Å². The number of hydrogen-bond acceptors (Lipinski definition) is 2. The highest BCUT2D eigenvalue weighted by atomic mass is 16.5. The maximum atomic E-state index is 10.7. The number of likely N-dealkylation sites (tertiary alicyclic amines) is 1. The molecule has 2 atom stereocenters. The molecule has 1 rings (SSSR count). The topological polar surface area (TPSA) is 49.8 Å². The van der Waals surface area contributed by atoms with Crippen LogP contribution in [-0.2, 0) is 4.74 Å². The van der Waals surface area contributed by atoms with Crippen LogP contribution in [0.4, 0.5) is 4.79 Å². The Kier molecular flexibility index (Phi) is 2.92. The fourth-order valence-corrected chi connectivity index (χ4v) is 1.72. The summed E-state index contributed by atoms with van der Waals surface area (Å²) in [6.45, 7) is 2.52. The van der Waals surface area contributed by atoms with Crippen LogP contribution in [0, 0.1) is 0 Å². The van der Waals surface area contributed by atoms with Gasteiger partial charge in [-0.05, 0) is 12.8 Å². The highest BCUT2D eigenvalue weighted by Gasteiger charge is 2.40. The second-order valence-corrected chi connectivity index (χ2v) is 3.10. The Morgan fingerprint density at radius 1 is 1.67 bits per heavy atom. The van der Waals surface area contributed by atoms with Gasteiger partial charge in [-0.3, -0.25) is 4.90 Å². The maximum Gasteiger partial charge on any atom is 0.407 e. The molecule has 0 bridgehead atoms. The van der Waals surface area contributed by atoms with Crippen LogP contribution in [0.1, 0.15) is 19.8 Å². The Labute approximate surface area is 72.1 Å². The van der Waals surface area contributed by atoms with Crippen molar-refractivity contribution in [3.05, 3.63) is 0 Å². The molecular formula is C8H15NO3. The van der Waals surface area contributed by atoms with E-state index >= 15 is 0 Å². The number of carboxylic acid groups (broad SMARTS) is 1. The summed E-state index contributed by atoms with van der Waals surface area (Å²) in [5.41, 5.74) is 0. The van der Waals surface area contributed by atoms with Crippen molar-refractivity contribution >= 4 is 6.09 Å². The van der Waals surface area contributed by atoms with Crippen molar-refractivity contribution in [1.29, 1.82) is 0 Å². The molecule has 2 unspecified atom stereocenters. The fraction of sp³-hybridized carbons (Fsp3) is 0.875. The first-order valence-electron chi connectivity index (χ1n) is 4.20. The van der Waals surface area contributed by atoms with E-state index in [0.29, 0.717) is 6.61 Å². The van der Waals surface area contributed by atoms with Gasteiger partial charge in [0.1, 0.15) is 0 Å². The van der Waals surface area contributed by atoms with Gasteiger partial charge in [-0.25, -0.2) is 4.79 Å². The molecule has 1 heterocycles. The first-order valence-corrected chi connectivity index (χ1v) is 4.20. The Morgan fingerprint density at radius 3 is 2.75 bits per heavy atom. The minimum absolute atomic E-state index is 0.0810. The molecule has 1 aliphatic heterocycles. The molecule has 70 valence electrons. The summed E-state index contributed by atoms with van der Waals surface area (Å²) in [7, 11) is 1.60. The molecular weight excluding hydrogens is 158 g/mol. The van der Waals surface area contributed by atoms with Crippen LogP contribution in [0.5, 0.6) is 0 Å². The summed E-state index contributed by atoms with van der Waals surface area (Å²) in [6, 6.07) is 0.292. The van der Waals surface area contributed by atoms with Gasteiger partial charge in [-0.2, -0.15) is 0 Å². The van der Waals surface area contributed by atoms with Crippen molar-refractivity contribution in [3.63, 3.8) is 0 Å². The van der Waals surface area contributed by atoms with Crippen LogP contribution >= 0.6 is 0 Å². The van der Waals surface area contributed by atoms with Gasteiger partial charge in [-0.1, -0.05) is 6.92 Å². The molecule has 1 N–H and O–H groups in total. The monoisotopic (exact) mass is 173 g/mol. The van der Waals surface area contributed by atoms with E-state index in [9.17, 15) is 4.79 Å². The molecule has 0 aromatic heterocycles. The quantitative estimate of drug-likeness (QED) is 0.696. The zero-order valence-electron chi connectivity index (χ0n) is 7.49. The lowest BCUT2D eigenvalue weighted by Gasteiger charge is -2.46. The number of carbonyl (C=O) groups is 1. The van der Waals surface area contributed by atoms with Crippen molar-refractivity contribution < 1.29 is 14.6 Å². The number of ether oxygens (including phenoxy) is 1. The van der Waals surface area contributed by atoms with E-state index < -0.39 is 6.09 Å². The summed E-state index contributed by atoms with van der Waals surface area (Å²) in [5.74, 6) is 0. The van der Waals surface area contributed by atoms with E-state index in [1.807, 2.05) is 6.92 Å². The van der Waals surface area contributed by atoms with Crippen LogP contribution in [-0.4, -0.2) is 41.9 Å². The van der Waals surface area contributed by atoms with Crippen molar-refractivity contribution in [1.82, 2.24) is 4.90 Å². The largest absolute Gasteiger partial charge is 0.465 e. The predicted molar refractivity (Wildman–Crippen MR) is 44.2 cm³/mol. The second-order valence-electron chi connectivity index (χ2n) is 3.10. The molecule has 12 heavy (non-hydrogen) atoms. The Morgan fingerprint density at radius 2 is 2.33 bits per heavy atom. The van der Waals surface area contributed by atoms with Crippen LogP contribution in [0.3, 0.4) is 0 Å². The first-order chi connectivity index (χ1) is 5.70. The average Bonchev–Trinajstić information content (AvgIpc) is 1.95. The number of rotatable bonds is 3.